The van der Waals surface area contributed by atoms with Crippen molar-refractivity contribution in [1.82, 2.24) is 0 Å². The van der Waals surface area contributed by atoms with Gasteiger partial charge in [-0.3, -0.25) is 0 Å². The number of carbonyl (C=O) groups is 1. The third-order valence-electron chi connectivity index (χ3n) is 1.28. The van der Waals surface area contributed by atoms with Crippen molar-refractivity contribution < 1.29 is 14.6 Å². The molecule has 0 saturated heterocycles. The SMILES string of the molecule is CCSCCCCOC(=O)CO. The normalized spacial score (nSPS) is 9.83. The van der Waals surface area contributed by atoms with Crippen molar-refractivity contribution in [3.63, 3.8) is 0 Å². The molecule has 72 valence electrons. The van der Waals surface area contributed by atoms with Crippen molar-refractivity contribution in [3.05, 3.63) is 0 Å². The van der Waals surface area contributed by atoms with E-state index in [1.54, 1.807) is 0 Å². The summed E-state index contributed by atoms with van der Waals surface area (Å²) in [5.41, 5.74) is 0. The van der Waals surface area contributed by atoms with E-state index in [0.717, 1.165) is 24.3 Å². The Labute approximate surface area is 77.5 Å². The summed E-state index contributed by atoms with van der Waals surface area (Å²) < 4.78 is 4.67. The molecule has 0 amide bonds. The first-order valence-electron chi connectivity index (χ1n) is 4.15. The predicted molar refractivity (Wildman–Crippen MR) is 50.3 cm³/mol. The van der Waals surface area contributed by atoms with E-state index in [4.69, 9.17) is 5.11 Å². The van der Waals surface area contributed by atoms with Crippen LogP contribution in [0.3, 0.4) is 0 Å². The van der Waals surface area contributed by atoms with E-state index in [9.17, 15) is 4.79 Å². The lowest BCUT2D eigenvalue weighted by Gasteiger charge is -2.01. The van der Waals surface area contributed by atoms with Gasteiger partial charge in [-0.25, -0.2) is 4.79 Å². The zero-order valence-corrected chi connectivity index (χ0v) is 8.23. The average molecular weight is 192 g/mol. The molecule has 0 aliphatic carbocycles. The quantitative estimate of drug-likeness (QED) is 0.484. The summed E-state index contributed by atoms with van der Waals surface area (Å²) in [5.74, 6) is 1.72. The van der Waals surface area contributed by atoms with Crippen LogP contribution in [0, 0.1) is 0 Å². The molecule has 0 heterocycles. The maximum atomic E-state index is 10.4. The molecule has 0 bridgehead atoms. The molecular weight excluding hydrogens is 176 g/mol. The fourth-order valence-electron chi connectivity index (χ4n) is 0.682. The van der Waals surface area contributed by atoms with E-state index in [1.807, 2.05) is 11.8 Å². The van der Waals surface area contributed by atoms with Crippen LogP contribution in [-0.4, -0.2) is 35.8 Å². The Balaban J connectivity index is 2.95. The number of carbonyl (C=O) groups excluding carboxylic acids is 1. The van der Waals surface area contributed by atoms with E-state index in [2.05, 4.69) is 11.7 Å². The first-order chi connectivity index (χ1) is 5.81. The van der Waals surface area contributed by atoms with Crippen LogP contribution in [0.25, 0.3) is 0 Å². The lowest BCUT2D eigenvalue weighted by molar-refractivity contribution is -0.146. The van der Waals surface area contributed by atoms with Gasteiger partial charge in [0.05, 0.1) is 6.61 Å². The van der Waals surface area contributed by atoms with Crippen molar-refractivity contribution >= 4 is 17.7 Å². The summed E-state index contributed by atoms with van der Waals surface area (Å²) in [4.78, 5) is 10.4. The van der Waals surface area contributed by atoms with E-state index in [0.29, 0.717) is 6.61 Å². The minimum absolute atomic E-state index is 0.434. The molecule has 0 aliphatic heterocycles. The molecular formula is C8H16O3S. The van der Waals surface area contributed by atoms with E-state index in [-0.39, 0.29) is 0 Å². The highest BCUT2D eigenvalue weighted by molar-refractivity contribution is 7.99. The molecule has 0 atom stereocenters. The maximum absolute atomic E-state index is 10.4. The van der Waals surface area contributed by atoms with Crippen LogP contribution < -0.4 is 0 Å². The lowest BCUT2D eigenvalue weighted by atomic mass is 10.4. The molecule has 1 N–H and O–H groups in total. The molecule has 3 nitrogen and oxygen atoms in total. The number of aliphatic hydroxyl groups excluding tert-OH is 1. The number of esters is 1. The molecule has 0 rings (SSSR count). The minimum atomic E-state index is -0.529. The first kappa shape index (κ1) is 11.8. The standard InChI is InChI=1S/C8H16O3S/c1-2-12-6-4-3-5-11-8(10)7-9/h9H,2-7H2,1H3. The number of hydrogen-bond donors (Lipinski definition) is 1. The molecule has 0 fully saturated rings. The second-order valence-corrected chi connectivity index (χ2v) is 3.68. The predicted octanol–water partition coefficient (Wildman–Crippen LogP) is 1.06. The van der Waals surface area contributed by atoms with Crippen molar-refractivity contribution in [1.29, 1.82) is 0 Å². The van der Waals surface area contributed by atoms with Gasteiger partial charge in [-0.2, -0.15) is 11.8 Å². The summed E-state index contributed by atoms with van der Waals surface area (Å²) >= 11 is 1.88. The summed E-state index contributed by atoms with van der Waals surface area (Å²) in [6.07, 6.45) is 1.95. The highest BCUT2D eigenvalue weighted by Gasteiger charge is 1.97. The molecule has 0 aromatic rings. The van der Waals surface area contributed by atoms with Crippen LogP contribution in [-0.2, 0) is 9.53 Å². The van der Waals surface area contributed by atoms with Gasteiger partial charge < -0.3 is 9.84 Å². The van der Waals surface area contributed by atoms with E-state index < -0.39 is 12.6 Å². The minimum Gasteiger partial charge on any atom is -0.464 e. The number of thioether (sulfide) groups is 1. The van der Waals surface area contributed by atoms with Crippen LogP contribution in [0.5, 0.6) is 0 Å². The Morgan fingerprint density at radius 1 is 1.50 bits per heavy atom. The van der Waals surface area contributed by atoms with Gasteiger partial charge >= 0.3 is 5.97 Å². The fraction of sp³-hybridized carbons (Fsp3) is 0.875. The van der Waals surface area contributed by atoms with Crippen LogP contribution in [0.4, 0.5) is 0 Å². The molecule has 0 unspecified atom stereocenters. The zero-order valence-electron chi connectivity index (χ0n) is 7.41. The van der Waals surface area contributed by atoms with Gasteiger partial charge in [0, 0.05) is 0 Å². The maximum Gasteiger partial charge on any atom is 0.331 e. The summed E-state index contributed by atoms with van der Waals surface area (Å²) in [6, 6.07) is 0. The summed E-state index contributed by atoms with van der Waals surface area (Å²) in [5, 5.41) is 8.30. The zero-order chi connectivity index (χ0) is 9.23. The van der Waals surface area contributed by atoms with Crippen molar-refractivity contribution in [2.45, 2.75) is 19.8 Å². The lowest BCUT2D eigenvalue weighted by Crippen LogP contribution is -2.09. The smallest absolute Gasteiger partial charge is 0.331 e. The highest BCUT2D eigenvalue weighted by Crippen LogP contribution is 2.03. The number of aliphatic hydroxyl groups is 1. The van der Waals surface area contributed by atoms with Gasteiger partial charge in [0.2, 0.25) is 0 Å². The molecule has 12 heavy (non-hydrogen) atoms. The number of rotatable bonds is 7. The van der Waals surface area contributed by atoms with Crippen molar-refractivity contribution in [2.24, 2.45) is 0 Å². The molecule has 0 aliphatic rings. The Bertz CT molecular complexity index is 117. The van der Waals surface area contributed by atoms with Gasteiger partial charge in [0.25, 0.3) is 0 Å². The number of hydrogen-bond acceptors (Lipinski definition) is 4. The van der Waals surface area contributed by atoms with Crippen molar-refractivity contribution in [3.8, 4) is 0 Å². The number of unbranched alkanes of at least 4 members (excludes halogenated alkanes) is 1. The molecule has 0 saturated carbocycles. The molecule has 0 spiro atoms. The van der Waals surface area contributed by atoms with Gasteiger partial charge in [0.1, 0.15) is 6.61 Å². The summed E-state index contributed by atoms with van der Waals surface area (Å²) in [6.45, 7) is 2.05. The number of ether oxygens (including phenoxy) is 1. The Hall–Kier alpha value is -0.220. The highest BCUT2D eigenvalue weighted by atomic mass is 32.2. The Kier molecular flexibility index (Phi) is 8.71. The van der Waals surface area contributed by atoms with Crippen molar-refractivity contribution in [2.75, 3.05) is 24.7 Å². The Morgan fingerprint density at radius 2 is 2.25 bits per heavy atom. The van der Waals surface area contributed by atoms with Gasteiger partial charge in [-0.05, 0) is 24.3 Å². The monoisotopic (exact) mass is 192 g/mol. The fourth-order valence-corrected chi connectivity index (χ4v) is 1.38. The van der Waals surface area contributed by atoms with Gasteiger partial charge in [-0.15, -0.1) is 0 Å². The third-order valence-corrected chi connectivity index (χ3v) is 2.26. The van der Waals surface area contributed by atoms with E-state index >= 15 is 0 Å². The van der Waals surface area contributed by atoms with Gasteiger partial charge in [0.15, 0.2) is 0 Å². The molecule has 4 heteroatoms. The Morgan fingerprint density at radius 3 is 2.83 bits per heavy atom. The molecule has 0 aromatic heterocycles. The van der Waals surface area contributed by atoms with E-state index in [1.165, 1.54) is 0 Å². The molecule has 0 aromatic carbocycles. The topological polar surface area (TPSA) is 46.5 Å². The average Bonchev–Trinajstić information content (AvgIpc) is 2.10. The second kappa shape index (κ2) is 8.87. The van der Waals surface area contributed by atoms with Crippen LogP contribution in [0.1, 0.15) is 19.8 Å². The van der Waals surface area contributed by atoms with Gasteiger partial charge in [-0.1, -0.05) is 6.92 Å². The summed E-state index contributed by atoms with van der Waals surface area (Å²) in [7, 11) is 0. The first-order valence-corrected chi connectivity index (χ1v) is 5.31. The second-order valence-electron chi connectivity index (χ2n) is 2.28. The van der Waals surface area contributed by atoms with Crippen LogP contribution >= 0.6 is 11.8 Å². The third kappa shape index (κ3) is 7.88. The van der Waals surface area contributed by atoms with Crippen LogP contribution in [0.15, 0.2) is 0 Å². The molecule has 0 radical (unpaired) electrons. The largest absolute Gasteiger partial charge is 0.464 e. The van der Waals surface area contributed by atoms with Crippen LogP contribution in [0.2, 0.25) is 0 Å².